The number of hydrogen-bond acceptors (Lipinski definition) is 3. The average Bonchev–Trinajstić information content (AvgIpc) is 4.37. The van der Waals surface area contributed by atoms with Crippen molar-refractivity contribution in [1.82, 2.24) is 0 Å². The van der Waals surface area contributed by atoms with Crippen LogP contribution >= 0.6 is 55.1 Å². The van der Waals surface area contributed by atoms with Crippen LogP contribution in [-0.4, -0.2) is 46.7 Å². The summed E-state index contributed by atoms with van der Waals surface area (Å²) in [6.45, 7) is 27.3. The summed E-state index contributed by atoms with van der Waals surface area (Å²) in [5, 5.41) is 1.45. The number of rotatable bonds is 17. The summed E-state index contributed by atoms with van der Waals surface area (Å²) in [5.41, 5.74) is 15.4. The molecule has 2 aliphatic rings. The molecule has 0 bridgehead atoms. The van der Waals surface area contributed by atoms with E-state index in [4.69, 9.17) is 27.9 Å². The second-order valence-corrected chi connectivity index (χ2v) is 23.5. The molecule has 75 heavy (non-hydrogen) atoms. The fourth-order valence-electron chi connectivity index (χ4n) is 7.68. The number of ketones is 2. The Balaban J connectivity index is 0.000000237. The lowest BCUT2D eigenvalue weighted by atomic mass is 10.0. The molecule has 2 fully saturated rings. The minimum absolute atomic E-state index is 0.0167. The molecule has 8 rings (SSSR count). The molecule has 1 atom stereocenters. The van der Waals surface area contributed by atoms with Gasteiger partial charge >= 0.3 is 0 Å². The summed E-state index contributed by atoms with van der Waals surface area (Å²) in [6, 6.07) is 51.1. The quantitative estimate of drug-likeness (QED) is 0.0519. The van der Waals surface area contributed by atoms with Crippen LogP contribution in [0.1, 0.15) is 214 Å². The van der Waals surface area contributed by atoms with Crippen molar-refractivity contribution < 1.29 is 14.3 Å². The Labute approximate surface area is 481 Å². The molecular weight excluding hydrogens is 1100 g/mol. The van der Waals surface area contributed by atoms with Gasteiger partial charge in [0.2, 0.25) is 0 Å². The van der Waals surface area contributed by atoms with Crippen molar-refractivity contribution in [3.8, 4) is 0 Å². The lowest BCUT2D eigenvalue weighted by molar-refractivity contribution is 0.101. The van der Waals surface area contributed by atoms with Gasteiger partial charge in [0.1, 0.15) is 0 Å². The van der Waals surface area contributed by atoms with Crippen LogP contribution in [0.15, 0.2) is 146 Å². The van der Waals surface area contributed by atoms with Crippen LogP contribution < -0.4 is 0 Å². The highest BCUT2D eigenvalue weighted by Gasteiger charge is 2.23. The summed E-state index contributed by atoms with van der Waals surface area (Å²) < 4.78 is 5.19. The van der Waals surface area contributed by atoms with Gasteiger partial charge in [-0.25, -0.2) is 0 Å². The molecule has 6 aromatic carbocycles. The molecule has 1 saturated heterocycles. The first-order valence-corrected chi connectivity index (χ1v) is 30.6. The predicted molar refractivity (Wildman–Crippen MR) is 334 cm³/mol. The molecule has 1 heterocycles. The van der Waals surface area contributed by atoms with Crippen molar-refractivity contribution in [3.05, 3.63) is 212 Å². The first-order chi connectivity index (χ1) is 35.8. The maximum absolute atomic E-state index is 11.2. The minimum atomic E-state index is -0.0167. The summed E-state index contributed by atoms with van der Waals surface area (Å²) >= 11 is 17.7. The van der Waals surface area contributed by atoms with E-state index in [0.717, 1.165) is 42.7 Å². The lowest BCUT2D eigenvalue weighted by Gasteiger charge is -2.05. The monoisotopic (exact) mass is 1180 g/mol. The molecule has 1 aliphatic carbocycles. The lowest BCUT2D eigenvalue weighted by Crippen LogP contribution is -2.00. The number of ether oxygens (including phenoxy) is 1. The van der Waals surface area contributed by atoms with Crippen LogP contribution in [0.2, 0.25) is 0 Å². The Kier molecular flexibility index (Phi) is 31.0. The Morgan fingerprint density at radius 3 is 1.04 bits per heavy atom. The molecule has 0 spiro atoms. The molecule has 3 nitrogen and oxygen atoms in total. The van der Waals surface area contributed by atoms with E-state index >= 15 is 0 Å². The number of benzene rings is 6. The molecule has 7 heteroatoms. The zero-order valence-corrected chi connectivity index (χ0v) is 52.0. The maximum atomic E-state index is 11.2. The third-order valence-corrected chi connectivity index (χ3v) is 14.6. The van der Waals surface area contributed by atoms with Gasteiger partial charge < -0.3 is 4.74 Å². The first kappa shape index (κ1) is 65.4. The Hall–Kier alpha value is -3.84. The second kappa shape index (κ2) is 35.5. The number of carbonyl (C=O) groups excluding carboxylic acids is 2. The maximum Gasteiger partial charge on any atom is 0.177 e. The number of carbonyl (C=O) groups is 2. The van der Waals surface area contributed by atoms with Crippen molar-refractivity contribution in [2.45, 2.75) is 163 Å². The number of epoxide rings is 1. The molecule has 1 saturated carbocycles. The van der Waals surface area contributed by atoms with Gasteiger partial charge in [0.25, 0.3) is 0 Å². The van der Waals surface area contributed by atoms with Gasteiger partial charge in [-0.15, -0.1) is 23.2 Å². The zero-order chi connectivity index (χ0) is 55.5. The van der Waals surface area contributed by atoms with Gasteiger partial charge in [-0.1, -0.05) is 261 Å². The van der Waals surface area contributed by atoms with Crippen LogP contribution in [0.3, 0.4) is 0 Å². The fraction of sp³-hybridized carbons (Fsp3) is 0.441. The number of hydrogen-bond donors (Lipinski definition) is 0. The average molecular weight is 1180 g/mol. The number of alkyl halides is 4. The van der Waals surface area contributed by atoms with E-state index in [0.29, 0.717) is 58.4 Å². The van der Waals surface area contributed by atoms with E-state index in [1.807, 2.05) is 48.5 Å². The topological polar surface area (TPSA) is 46.7 Å². The summed E-state index contributed by atoms with van der Waals surface area (Å²) in [6.07, 6.45) is 6.49. The normalized spacial score (nSPS) is 13.3. The highest BCUT2D eigenvalue weighted by atomic mass is 79.9. The molecule has 0 radical (unpaired) electrons. The second-order valence-electron chi connectivity index (χ2n) is 21.5. The molecular formula is C68H88Br2Cl2O3. The standard InChI is InChI=1S/C12H16O.C12H16.C11H13BrO.C11H15Br.C11H13ClO.C11H15Cl/c1-9(2)11-5-3-10(4-6-11)7-12-8-13-12;1-9(2)10-3-5-11(6-4-10)12-7-8-12;1-8(2)9-3-5-10(6-4-9)11(13)7-12;1-9(2)11-5-3-10(4-6-11)7-8-12;1-8(2)9-3-5-10(6-4-9)11(13)7-12;1-9(2)11-5-3-10(4-6-11)7-8-12/h3-6,9,12H,7-8H2,1-2H3;3-6,9,12H,7-8H2,1-2H3;3-6,8H,7H2,1-2H3;3-6,9H,7-8H2,1-2H3;3-6,8H,7H2,1-2H3;3-6,9H,7-8H2,1-2H3. The predicted octanol–water partition coefficient (Wildman–Crippen LogP) is 20.4. The van der Waals surface area contributed by atoms with Crippen molar-refractivity contribution in [3.63, 3.8) is 0 Å². The fourth-order valence-corrected chi connectivity index (χ4v) is 8.83. The zero-order valence-electron chi connectivity index (χ0n) is 47.3. The van der Waals surface area contributed by atoms with Crippen LogP contribution in [0.5, 0.6) is 0 Å². The summed E-state index contributed by atoms with van der Waals surface area (Å²) in [7, 11) is 0. The Bertz CT molecular complexity index is 2330. The van der Waals surface area contributed by atoms with Crippen LogP contribution in [-0.2, 0) is 24.0 Å². The molecule has 0 N–H and O–H groups in total. The Morgan fingerprint density at radius 2 is 0.760 bits per heavy atom. The first-order valence-electron chi connectivity index (χ1n) is 27.3. The van der Waals surface area contributed by atoms with Crippen molar-refractivity contribution >= 4 is 66.6 Å². The van der Waals surface area contributed by atoms with Crippen molar-refractivity contribution in [1.29, 1.82) is 0 Å². The largest absolute Gasteiger partial charge is 0.373 e. The SMILES string of the molecule is CC(C)c1ccc(C(=O)CBr)cc1.CC(C)c1ccc(C(=O)CCl)cc1.CC(C)c1ccc(C2CC2)cc1.CC(C)c1ccc(CC2CO2)cc1.CC(C)c1ccc(CCBr)cc1.CC(C)c1ccc(CCCl)cc1. The molecule has 1 aliphatic heterocycles. The van der Waals surface area contributed by atoms with Gasteiger partial charge in [-0.2, -0.15) is 0 Å². The van der Waals surface area contributed by atoms with Gasteiger partial charge in [-0.05, 0) is 123 Å². The summed E-state index contributed by atoms with van der Waals surface area (Å²) in [4.78, 5) is 22.4. The molecule has 1 unspecified atom stereocenters. The third-order valence-electron chi connectivity index (χ3n) is 13.3. The minimum Gasteiger partial charge on any atom is -0.373 e. The molecule has 0 aromatic heterocycles. The van der Waals surface area contributed by atoms with Crippen LogP contribution in [0.25, 0.3) is 0 Å². The van der Waals surface area contributed by atoms with E-state index in [1.165, 1.54) is 62.9 Å². The van der Waals surface area contributed by atoms with Crippen LogP contribution in [0, 0.1) is 0 Å². The van der Waals surface area contributed by atoms with E-state index in [9.17, 15) is 9.59 Å². The molecule has 406 valence electrons. The molecule has 0 amide bonds. The van der Waals surface area contributed by atoms with Gasteiger partial charge in [0.15, 0.2) is 11.6 Å². The van der Waals surface area contributed by atoms with E-state index in [-0.39, 0.29) is 17.4 Å². The molecule has 6 aromatic rings. The van der Waals surface area contributed by atoms with E-state index in [2.05, 4.69) is 212 Å². The highest BCUT2D eigenvalue weighted by molar-refractivity contribution is 9.09. The smallest absolute Gasteiger partial charge is 0.177 e. The number of aryl methyl sites for hydroxylation is 2. The van der Waals surface area contributed by atoms with Gasteiger partial charge in [0, 0.05) is 28.8 Å². The van der Waals surface area contributed by atoms with Crippen molar-refractivity contribution in [2.75, 3.05) is 29.0 Å². The Morgan fingerprint density at radius 1 is 0.453 bits per heavy atom. The number of halogens is 4. The van der Waals surface area contributed by atoms with Gasteiger partial charge in [0.05, 0.1) is 23.9 Å². The van der Waals surface area contributed by atoms with Crippen LogP contribution in [0.4, 0.5) is 0 Å². The number of Topliss-reactive ketones (excluding diaryl/α,β-unsaturated/α-hetero) is 2. The van der Waals surface area contributed by atoms with Crippen molar-refractivity contribution in [2.24, 2.45) is 0 Å². The van der Waals surface area contributed by atoms with Gasteiger partial charge in [-0.3, -0.25) is 9.59 Å². The van der Waals surface area contributed by atoms with E-state index in [1.54, 1.807) is 5.56 Å². The summed E-state index contributed by atoms with van der Waals surface area (Å²) in [5.74, 6) is 5.36. The third kappa shape index (κ3) is 25.9. The van der Waals surface area contributed by atoms with E-state index < -0.39 is 0 Å². The highest BCUT2D eigenvalue weighted by Crippen LogP contribution is 2.40.